The van der Waals surface area contributed by atoms with Crippen LogP contribution in [0.1, 0.15) is 38.2 Å². The minimum Gasteiger partial charge on any atom is -0.377 e. The van der Waals surface area contributed by atoms with Gasteiger partial charge in [-0.15, -0.1) is 0 Å². The fourth-order valence-corrected chi connectivity index (χ4v) is 2.58. The molecule has 1 saturated carbocycles. The van der Waals surface area contributed by atoms with Crippen molar-refractivity contribution >= 4 is 0 Å². The molecule has 1 fully saturated rings. The van der Waals surface area contributed by atoms with Gasteiger partial charge in [-0.1, -0.05) is 30.3 Å². The molecule has 0 spiro atoms. The summed E-state index contributed by atoms with van der Waals surface area (Å²) < 4.78 is 5.81. The predicted octanol–water partition coefficient (Wildman–Crippen LogP) is 3.15. The van der Waals surface area contributed by atoms with Gasteiger partial charge in [0, 0.05) is 12.6 Å². The molecule has 1 aromatic carbocycles. The van der Waals surface area contributed by atoms with Crippen molar-refractivity contribution < 1.29 is 4.74 Å². The summed E-state index contributed by atoms with van der Waals surface area (Å²) in [5, 5.41) is 0. The third-order valence-corrected chi connectivity index (χ3v) is 3.71. The van der Waals surface area contributed by atoms with E-state index in [2.05, 4.69) is 37.3 Å². The molecular formula is C16H25NO. The summed E-state index contributed by atoms with van der Waals surface area (Å²) in [7, 11) is 0. The predicted molar refractivity (Wildman–Crippen MR) is 75.5 cm³/mol. The van der Waals surface area contributed by atoms with Crippen LogP contribution in [-0.2, 0) is 11.2 Å². The number of hydrogen-bond donors (Lipinski definition) is 1. The summed E-state index contributed by atoms with van der Waals surface area (Å²) in [5.74, 6) is 0.733. The number of hydrogen-bond acceptors (Lipinski definition) is 2. The number of rotatable bonds is 8. The van der Waals surface area contributed by atoms with Crippen LogP contribution in [0.5, 0.6) is 0 Å². The van der Waals surface area contributed by atoms with Crippen LogP contribution < -0.4 is 5.73 Å². The van der Waals surface area contributed by atoms with Crippen molar-refractivity contribution in [2.75, 3.05) is 6.61 Å². The number of aryl methyl sites for hydroxylation is 1. The summed E-state index contributed by atoms with van der Waals surface area (Å²) in [6.45, 7) is 2.85. The zero-order chi connectivity index (χ0) is 12.8. The second-order valence-electron chi connectivity index (χ2n) is 5.30. The smallest absolute Gasteiger partial charge is 0.0753 e. The lowest BCUT2D eigenvalue weighted by Gasteiger charge is -2.23. The van der Waals surface area contributed by atoms with Gasteiger partial charge in [-0.25, -0.2) is 0 Å². The normalized spacial score (nSPS) is 18.6. The average molecular weight is 247 g/mol. The van der Waals surface area contributed by atoms with Crippen molar-refractivity contribution in [1.82, 2.24) is 0 Å². The number of benzene rings is 1. The second-order valence-corrected chi connectivity index (χ2v) is 5.30. The first kappa shape index (κ1) is 13.6. The highest BCUT2D eigenvalue weighted by atomic mass is 16.5. The molecule has 2 nitrogen and oxygen atoms in total. The Kier molecular flexibility index (Phi) is 5.21. The van der Waals surface area contributed by atoms with Gasteiger partial charge in [0.25, 0.3) is 0 Å². The summed E-state index contributed by atoms with van der Waals surface area (Å²) >= 11 is 0. The topological polar surface area (TPSA) is 35.2 Å². The SMILES string of the molecule is CCOC(C(N)CCCc1ccccc1)C1CC1. The fraction of sp³-hybridized carbons (Fsp3) is 0.625. The molecule has 0 heterocycles. The van der Waals surface area contributed by atoms with Crippen molar-refractivity contribution in [2.24, 2.45) is 11.7 Å². The molecule has 2 heteroatoms. The van der Waals surface area contributed by atoms with Crippen molar-refractivity contribution in [2.45, 2.75) is 51.2 Å². The third-order valence-electron chi connectivity index (χ3n) is 3.71. The van der Waals surface area contributed by atoms with Crippen LogP contribution in [0.2, 0.25) is 0 Å². The van der Waals surface area contributed by atoms with Gasteiger partial charge in [0.05, 0.1) is 6.10 Å². The van der Waals surface area contributed by atoms with E-state index in [9.17, 15) is 0 Å². The molecule has 2 atom stereocenters. The molecular weight excluding hydrogens is 222 g/mol. The average Bonchev–Trinajstić information content (AvgIpc) is 3.21. The molecule has 18 heavy (non-hydrogen) atoms. The number of nitrogens with two attached hydrogens (primary N) is 1. The highest BCUT2D eigenvalue weighted by Gasteiger charge is 2.35. The van der Waals surface area contributed by atoms with Crippen LogP contribution in [0.4, 0.5) is 0 Å². The first-order chi connectivity index (χ1) is 8.81. The van der Waals surface area contributed by atoms with Crippen molar-refractivity contribution in [3.8, 4) is 0 Å². The Morgan fingerprint density at radius 2 is 2.00 bits per heavy atom. The molecule has 1 aromatic rings. The van der Waals surface area contributed by atoms with E-state index in [-0.39, 0.29) is 6.04 Å². The number of ether oxygens (including phenoxy) is 1. The fourth-order valence-electron chi connectivity index (χ4n) is 2.58. The second kappa shape index (κ2) is 6.91. The maximum Gasteiger partial charge on any atom is 0.0753 e. The summed E-state index contributed by atoms with van der Waals surface area (Å²) in [5.41, 5.74) is 7.69. The van der Waals surface area contributed by atoms with E-state index in [0.29, 0.717) is 6.10 Å². The molecule has 0 aromatic heterocycles. The molecule has 1 aliphatic rings. The van der Waals surface area contributed by atoms with Crippen LogP contribution in [0.25, 0.3) is 0 Å². The zero-order valence-electron chi connectivity index (χ0n) is 11.3. The van der Waals surface area contributed by atoms with Crippen LogP contribution in [-0.4, -0.2) is 18.8 Å². The molecule has 1 aliphatic carbocycles. The van der Waals surface area contributed by atoms with E-state index in [1.807, 2.05) is 0 Å². The van der Waals surface area contributed by atoms with E-state index in [1.54, 1.807) is 0 Å². The van der Waals surface area contributed by atoms with Gasteiger partial charge in [0.2, 0.25) is 0 Å². The Morgan fingerprint density at radius 1 is 1.28 bits per heavy atom. The van der Waals surface area contributed by atoms with Crippen LogP contribution in [0.3, 0.4) is 0 Å². The van der Waals surface area contributed by atoms with Gasteiger partial charge in [-0.05, 0) is 50.5 Å². The minimum atomic E-state index is 0.209. The van der Waals surface area contributed by atoms with Gasteiger partial charge in [0.15, 0.2) is 0 Å². The quantitative estimate of drug-likeness (QED) is 0.766. The van der Waals surface area contributed by atoms with E-state index in [0.717, 1.165) is 31.8 Å². The van der Waals surface area contributed by atoms with Gasteiger partial charge in [-0.3, -0.25) is 0 Å². The molecule has 0 saturated heterocycles. The lowest BCUT2D eigenvalue weighted by Crippen LogP contribution is -2.38. The highest BCUT2D eigenvalue weighted by Crippen LogP contribution is 2.36. The van der Waals surface area contributed by atoms with E-state index in [1.165, 1.54) is 18.4 Å². The third kappa shape index (κ3) is 4.11. The summed E-state index contributed by atoms with van der Waals surface area (Å²) in [6, 6.07) is 10.8. The van der Waals surface area contributed by atoms with Gasteiger partial charge in [0.1, 0.15) is 0 Å². The van der Waals surface area contributed by atoms with Gasteiger partial charge in [-0.2, -0.15) is 0 Å². The van der Waals surface area contributed by atoms with Crippen molar-refractivity contribution in [1.29, 1.82) is 0 Å². The molecule has 100 valence electrons. The summed E-state index contributed by atoms with van der Waals surface area (Å²) in [6.07, 6.45) is 6.25. The van der Waals surface area contributed by atoms with Gasteiger partial charge < -0.3 is 10.5 Å². The maximum absolute atomic E-state index is 6.28. The first-order valence-electron chi connectivity index (χ1n) is 7.22. The first-order valence-corrected chi connectivity index (χ1v) is 7.22. The molecule has 2 unspecified atom stereocenters. The maximum atomic E-state index is 6.28. The minimum absolute atomic E-state index is 0.209. The Bertz CT molecular complexity index is 334. The van der Waals surface area contributed by atoms with Crippen LogP contribution in [0.15, 0.2) is 30.3 Å². The molecule has 2 rings (SSSR count). The molecule has 0 aliphatic heterocycles. The highest BCUT2D eigenvalue weighted by molar-refractivity contribution is 5.14. The monoisotopic (exact) mass is 247 g/mol. The largest absolute Gasteiger partial charge is 0.377 e. The van der Waals surface area contributed by atoms with Crippen molar-refractivity contribution in [3.05, 3.63) is 35.9 Å². The Balaban J connectivity index is 1.71. The van der Waals surface area contributed by atoms with E-state index in [4.69, 9.17) is 10.5 Å². The molecule has 0 bridgehead atoms. The Labute approximate surface area is 111 Å². The summed E-state index contributed by atoms with van der Waals surface area (Å²) in [4.78, 5) is 0. The lowest BCUT2D eigenvalue weighted by molar-refractivity contribution is 0.0264. The Hall–Kier alpha value is -0.860. The molecule has 0 radical (unpaired) electrons. The van der Waals surface area contributed by atoms with E-state index < -0.39 is 0 Å². The van der Waals surface area contributed by atoms with E-state index >= 15 is 0 Å². The molecule has 2 N–H and O–H groups in total. The van der Waals surface area contributed by atoms with Gasteiger partial charge >= 0.3 is 0 Å². The standard InChI is InChI=1S/C16H25NO/c1-2-18-16(14-11-12-14)15(17)10-6-9-13-7-4-3-5-8-13/h3-5,7-8,14-16H,2,6,9-12,17H2,1H3. The van der Waals surface area contributed by atoms with Crippen LogP contribution in [0, 0.1) is 5.92 Å². The molecule has 0 amide bonds. The lowest BCUT2D eigenvalue weighted by atomic mass is 9.99. The van der Waals surface area contributed by atoms with Crippen molar-refractivity contribution in [3.63, 3.8) is 0 Å². The Morgan fingerprint density at radius 3 is 2.61 bits per heavy atom. The van der Waals surface area contributed by atoms with Crippen LogP contribution >= 0.6 is 0 Å². The zero-order valence-corrected chi connectivity index (χ0v) is 11.3.